The second kappa shape index (κ2) is 6.17. The minimum Gasteiger partial charge on any atom is -0.425 e. The van der Waals surface area contributed by atoms with Gasteiger partial charge in [0.25, 0.3) is 5.91 Å². The van der Waals surface area contributed by atoms with Crippen LogP contribution in [-0.4, -0.2) is 34.9 Å². The Morgan fingerprint density at radius 2 is 1.92 bits per heavy atom. The van der Waals surface area contributed by atoms with Gasteiger partial charge in [0.1, 0.15) is 17.8 Å². The molecule has 1 aromatic carbocycles. The van der Waals surface area contributed by atoms with Crippen molar-refractivity contribution in [3.8, 4) is 5.75 Å². The maximum atomic E-state index is 12.9. The van der Waals surface area contributed by atoms with E-state index in [0.29, 0.717) is 24.5 Å². The number of carbonyl (C=O) groups is 3. The van der Waals surface area contributed by atoms with Crippen LogP contribution < -0.4 is 10.1 Å². The lowest BCUT2D eigenvalue weighted by Crippen LogP contribution is -2.54. The van der Waals surface area contributed by atoms with Crippen LogP contribution in [0.4, 0.5) is 4.79 Å². The topological polar surface area (TPSA) is 75.7 Å². The summed E-state index contributed by atoms with van der Waals surface area (Å²) in [4.78, 5) is 38.4. The van der Waals surface area contributed by atoms with Crippen LogP contribution in [0.15, 0.2) is 30.3 Å². The lowest BCUT2D eigenvalue weighted by atomic mass is 9.64. The van der Waals surface area contributed by atoms with Gasteiger partial charge in [-0.2, -0.15) is 0 Å². The number of rotatable bonds is 3. The number of ether oxygens (including phenoxy) is 1. The number of amides is 3. The number of hydrogen-bond donors (Lipinski definition) is 1. The molecule has 6 nitrogen and oxygen atoms in total. The van der Waals surface area contributed by atoms with Gasteiger partial charge in [0.15, 0.2) is 0 Å². The first kappa shape index (κ1) is 17.5. The second-order valence-corrected chi connectivity index (χ2v) is 8.05. The molecule has 1 aliphatic carbocycles. The smallest absolute Gasteiger partial charge is 0.331 e. The summed E-state index contributed by atoms with van der Waals surface area (Å²) in [5.74, 6) is -0.233. The average molecular weight is 344 g/mol. The molecule has 3 rings (SSSR count). The maximum Gasteiger partial charge on any atom is 0.331 e. The molecule has 1 saturated carbocycles. The first-order valence-electron chi connectivity index (χ1n) is 8.61. The molecule has 2 fully saturated rings. The summed E-state index contributed by atoms with van der Waals surface area (Å²) in [7, 11) is 0. The molecular formula is C19H24N2O4. The zero-order valence-electron chi connectivity index (χ0n) is 14.9. The predicted octanol–water partition coefficient (Wildman–Crippen LogP) is 2.73. The molecular weight excluding hydrogens is 320 g/mol. The van der Waals surface area contributed by atoms with Gasteiger partial charge in [-0.3, -0.25) is 9.69 Å². The highest BCUT2D eigenvalue weighted by atomic mass is 16.5. The summed E-state index contributed by atoms with van der Waals surface area (Å²) in [5.41, 5.74) is -0.938. The molecule has 1 heterocycles. The second-order valence-electron chi connectivity index (χ2n) is 8.05. The minimum atomic E-state index is -0.898. The van der Waals surface area contributed by atoms with Gasteiger partial charge in [-0.1, -0.05) is 39.0 Å². The number of nitrogens with zero attached hydrogens (tertiary/aromatic N) is 1. The standard InChI is InChI=1S/C19H24N2O4/c1-13-9-18(2,3)12-19(10-13)16(23)21(17(24)20-19)11-15(22)25-14-7-5-4-6-8-14/h4-8,13H,9-12H2,1-3H3,(H,20,24)/t13-,19+/m1/s1. The zero-order chi connectivity index (χ0) is 18.2. The van der Waals surface area contributed by atoms with Crippen molar-refractivity contribution in [1.29, 1.82) is 0 Å². The highest BCUT2D eigenvalue weighted by molar-refractivity contribution is 6.08. The highest BCUT2D eigenvalue weighted by Gasteiger charge is 2.56. The third-order valence-electron chi connectivity index (χ3n) is 4.89. The van der Waals surface area contributed by atoms with E-state index in [9.17, 15) is 14.4 Å². The largest absolute Gasteiger partial charge is 0.425 e. The summed E-state index contributed by atoms with van der Waals surface area (Å²) in [6, 6.07) is 8.09. The van der Waals surface area contributed by atoms with Crippen LogP contribution in [-0.2, 0) is 9.59 Å². The molecule has 0 unspecified atom stereocenters. The highest BCUT2D eigenvalue weighted by Crippen LogP contribution is 2.46. The van der Waals surface area contributed by atoms with Gasteiger partial charge in [0.2, 0.25) is 0 Å². The molecule has 25 heavy (non-hydrogen) atoms. The van der Waals surface area contributed by atoms with Crippen LogP contribution in [0.1, 0.15) is 40.0 Å². The summed E-state index contributed by atoms with van der Waals surface area (Å²) >= 11 is 0. The fourth-order valence-electron chi connectivity index (χ4n) is 4.43. The fourth-order valence-corrected chi connectivity index (χ4v) is 4.43. The average Bonchev–Trinajstić information content (AvgIpc) is 2.70. The van der Waals surface area contributed by atoms with E-state index in [0.717, 1.165) is 11.3 Å². The first-order chi connectivity index (χ1) is 11.7. The molecule has 1 saturated heterocycles. The Labute approximate surface area is 147 Å². The van der Waals surface area contributed by atoms with Crippen LogP contribution in [0, 0.1) is 11.3 Å². The normalized spacial score (nSPS) is 28.1. The Morgan fingerprint density at radius 3 is 2.56 bits per heavy atom. The first-order valence-corrected chi connectivity index (χ1v) is 8.61. The SMILES string of the molecule is C[C@@H]1CC(C)(C)C[C@]2(C1)NC(=O)N(CC(=O)Oc1ccccc1)C2=O. The van der Waals surface area contributed by atoms with Crippen molar-refractivity contribution in [3.05, 3.63) is 30.3 Å². The van der Waals surface area contributed by atoms with Gasteiger partial charge in [0, 0.05) is 0 Å². The van der Waals surface area contributed by atoms with Crippen molar-refractivity contribution >= 4 is 17.9 Å². The van der Waals surface area contributed by atoms with Crippen molar-refractivity contribution in [2.75, 3.05) is 6.54 Å². The van der Waals surface area contributed by atoms with Crippen LogP contribution >= 0.6 is 0 Å². The molecule has 0 radical (unpaired) electrons. The minimum absolute atomic E-state index is 0.0405. The molecule has 0 bridgehead atoms. The molecule has 6 heteroatoms. The zero-order valence-corrected chi connectivity index (χ0v) is 14.9. The van der Waals surface area contributed by atoms with E-state index in [1.54, 1.807) is 24.3 Å². The van der Waals surface area contributed by atoms with Crippen molar-refractivity contribution in [2.24, 2.45) is 11.3 Å². The van der Waals surface area contributed by atoms with Gasteiger partial charge < -0.3 is 10.1 Å². The van der Waals surface area contributed by atoms with E-state index in [-0.39, 0.29) is 17.9 Å². The summed E-state index contributed by atoms with van der Waals surface area (Å²) < 4.78 is 5.20. The van der Waals surface area contributed by atoms with Crippen LogP contribution in [0.3, 0.4) is 0 Å². The molecule has 1 spiro atoms. The number of para-hydroxylation sites is 1. The van der Waals surface area contributed by atoms with Crippen LogP contribution in [0.5, 0.6) is 5.75 Å². The van der Waals surface area contributed by atoms with Crippen molar-refractivity contribution in [3.63, 3.8) is 0 Å². The molecule has 134 valence electrons. The van der Waals surface area contributed by atoms with Gasteiger partial charge in [-0.05, 0) is 42.7 Å². The number of urea groups is 1. The molecule has 2 atom stereocenters. The lowest BCUT2D eigenvalue weighted by Gasteiger charge is -2.43. The van der Waals surface area contributed by atoms with Crippen molar-refractivity contribution in [1.82, 2.24) is 10.2 Å². The van der Waals surface area contributed by atoms with E-state index < -0.39 is 17.5 Å². The van der Waals surface area contributed by atoms with E-state index in [2.05, 4.69) is 26.1 Å². The quantitative estimate of drug-likeness (QED) is 0.520. The Morgan fingerprint density at radius 1 is 1.24 bits per heavy atom. The number of imide groups is 1. The molecule has 2 aliphatic rings. The molecule has 1 aliphatic heterocycles. The van der Waals surface area contributed by atoms with Gasteiger partial charge in [-0.15, -0.1) is 0 Å². The maximum absolute atomic E-state index is 12.9. The fraction of sp³-hybridized carbons (Fsp3) is 0.526. The monoisotopic (exact) mass is 344 g/mol. The summed E-state index contributed by atoms with van der Waals surface area (Å²) in [5, 5.41) is 2.85. The van der Waals surface area contributed by atoms with Crippen LogP contribution in [0.2, 0.25) is 0 Å². The van der Waals surface area contributed by atoms with Crippen molar-refractivity contribution < 1.29 is 19.1 Å². The Balaban J connectivity index is 1.72. The number of carbonyl (C=O) groups excluding carboxylic acids is 3. The molecule has 3 amide bonds. The van der Waals surface area contributed by atoms with E-state index in [1.165, 1.54) is 0 Å². The van der Waals surface area contributed by atoms with Crippen LogP contribution in [0.25, 0.3) is 0 Å². The molecule has 1 aromatic rings. The van der Waals surface area contributed by atoms with Crippen molar-refractivity contribution in [2.45, 2.75) is 45.6 Å². The molecule has 0 aromatic heterocycles. The van der Waals surface area contributed by atoms with Gasteiger partial charge in [0.05, 0.1) is 0 Å². The van der Waals surface area contributed by atoms with E-state index in [4.69, 9.17) is 4.74 Å². The Bertz CT molecular complexity index is 701. The lowest BCUT2D eigenvalue weighted by molar-refractivity contribution is -0.142. The Hall–Kier alpha value is -2.37. The predicted molar refractivity (Wildman–Crippen MR) is 91.8 cm³/mol. The van der Waals surface area contributed by atoms with Gasteiger partial charge >= 0.3 is 12.0 Å². The number of nitrogens with one attached hydrogen (secondary N) is 1. The third kappa shape index (κ3) is 3.52. The van der Waals surface area contributed by atoms with Gasteiger partial charge in [-0.25, -0.2) is 9.59 Å². The van der Waals surface area contributed by atoms with E-state index >= 15 is 0 Å². The summed E-state index contributed by atoms with van der Waals surface area (Å²) in [6.07, 6.45) is 2.19. The number of benzene rings is 1. The summed E-state index contributed by atoms with van der Waals surface area (Å²) in [6.45, 7) is 5.93. The van der Waals surface area contributed by atoms with E-state index in [1.807, 2.05) is 6.07 Å². The molecule has 1 N–H and O–H groups in total. The number of hydrogen-bond acceptors (Lipinski definition) is 4. The number of esters is 1. The Kier molecular flexibility index (Phi) is 4.31. The third-order valence-corrected chi connectivity index (χ3v) is 4.89.